The lowest BCUT2D eigenvalue weighted by molar-refractivity contribution is 0.476. The van der Waals surface area contributed by atoms with Crippen LogP contribution < -0.4 is 10.5 Å². The molecule has 4 nitrogen and oxygen atoms in total. The van der Waals surface area contributed by atoms with Crippen molar-refractivity contribution in [3.8, 4) is 0 Å². The van der Waals surface area contributed by atoms with Gasteiger partial charge in [-0.15, -0.1) is 0 Å². The summed E-state index contributed by atoms with van der Waals surface area (Å²) in [5.41, 5.74) is 6.57. The molecule has 3 rings (SSSR count). The maximum Gasteiger partial charge on any atom is 0.241 e. The third kappa shape index (κ3) is 2.76. The van der Waals surface area contributed by atoms with Crippen LogP contribution in [0.4, 0.5) is 5.69 Å². The van der Waals surface area contributed by atoms with Gasteiger partial charge in [-0.3, -0.25) is 0 Å². The molecule has 0 heterocycles. The average Bonchev–Trinajstić information content (AvgIpc) is 3.25. The molecule has 0 amide bonds. The van der Waals surface area contributed by atoms with E-state index in [2.05, 4.69) is 11.6 Å². The first-order valence-corrected chi connectivity index (χ1v) is 8.72. The highest BCUT2D eigenvalue weighted by Crippen LogP contribution is 2.48. The Morgan fingerprint density at radius 3 is 2.67 bits per heavy atom. The summed E-state index contributed by atoms with van der Waals surface area (Å²) in [5, 5.41) is 1.55. The highest BCUT2D eigenvalue weighted by atomic mass is 32.2. The number of hydrogen-bond acceptors (Lipinski definition) is 3. The number of fused-ring (bicyclic) bond motifs is 1. The molecule has 0 bridgehead atoms. The molecule has 2 aromatic carbocycles. The van der Waals surface area contributed by atoms with Gasteiger partial charge in [-0.25, -0.2) is 13.1 Å². The van der Waals surface area contributed by atoms with Crippen molar-refractivity contribution in [3.63, 3.8) is 0 Å². The summed E-state index contributed by atoms with van der Waals surface area (Å²) < 4.78 is 27.9. The second-order valence-corrected chi connectivity index (χ2v) is 7.65. The van der Waals surface area contributed by atoms with Crippen molar-refractivity contribution in [2.45, 2.75) is 31.1 Å². The predicted molar refractivity (Wildman–Crippen MR) is 85.5 cm³/mol. The van der Waals surface area contributed by atoms with E-state index in [-0.39, 0.29) is 5.41 Å². The predicted octanol–water partition coefficient (Wildman–Crippen LogP) is 2.89. The van der Waals surface area contributed by atoms with E-state index in [1.807, 2.05) is 6.07 Å². The first-order valence-electron chi connectivity index (χ1n) is 7.24. The standard InChI is InChI=1S/C16H20N2O2S/c1-2-16(8-9-16)11-18-21(19,20)15-5-3-4-12-10-13(17)6-7-14(12)15/h3-7,10,18H,2,8-9,11,17H2,1H3. The summed E-state index contributed by atoms with van der Waals surface area (Å²) >= 11 is 0. The summed E-state index contributed by atoms with van der Waals surface area (Å²) in [4.78, 5) is 0.326. The molecule has 112 valence electrons. The Morgan fingerprint density at radius 1 is 1.24 bits per heavy atom. The minimum atomic E-state index is -3.49. The maximum absolute atomic E-state index is 12.6. The molecule has 0 atom stereocenters. The van der Waals surface area contributed by atoms with E-state index in [1.165, 1.54) is 0 Å². The van der Waals surface area contributed by atoms with E-state index in [1.54, 1.807) is 30.3 Å². The van der Waals surface area contributed by atoms with Gasteiger partial charge in [0.15, 0.2) is 0 Å². The Kier molecular flexibility index (Phi) is 3.42. The SMILES string of the molecule is CCC1(CNS(=O)(=O)c2cccc3cc(N)ccc23)CC1. The average molecular weight is 304 g/mol. The first-order chi connectivity index (χ1) is 9.96. The van der Waals surface area contributed by atoms with Gasteiger partial charge in [0.05, 0.1) is 4.90 Å². The fourth-order valence-corrected chi connectivity index (χ4v) is 4.05. The molecule has 1 aliphatic rings. The quantitative estimate of drug-likeness (QED) is 0.834. The van der Waals surface area contributed by atoms with Crippen molar-refractivity contribution in [3.05, 3.63) is 36.4 Å². The van der Waals surface area contributed by atoms with E-state index in [0.29, 0.717) is 22.5 Å². The first kappa shape index (κ1) is 14.4. The topological polar surface area (TPSA) is 72.2 Å². The number of nitrogen functional groups attached to an aromatic ring is 1. The minimum Gasteiger partial charge on any atom is -0.399 e. The molecule has 0 aromatic heterocycles. The van der Waals surface area contributed by atoms with Gasteiger partial charge in [0.25, 0.3) is 0 Å². The van der Waals surface area contributed by atoms with Crippen LogP contribution in [0.2, 0.25) is 0 Å². The Labute approximate surface area is 125 Å². The van der Waals surface area contributed by atoms with Crippen molar-refractivity contribution in [2.24, 2.45) is 5.41 Å². The van der Waals surface area contributed by atoms with Gasteiger partial charge in [-0.2, -0.15) is 0 Å². The van der Waals surface area contributed by atoms with Crippen molar-refractivity contribution in [1.82, 2.24) is 4.72 Å². The zero-order chi connectivity index (χ0) is 15.1. The van der Waals surface area contributed by atoms with Crippen LogP contribution in [0.5, 0.6) is 0 Å². The molecule has 0 saturated heterocycles. The van der Waals surface area contributed by atoms with Crippen LogP contribution in [-0.4, -0.2) is 15.0 Å². The van der Waals surface area contributed by atoms with Crippen LogP contribution in [0.15, 0.2) is 41.3 Å². The number of anilines is 1. The molecule has 1 fully saturated rings. The van der Waals surface area contributed by atoms with Crippen LogP contribution in [-0.2, 0) is 10.0 Å². The van der Waals surface area contributed by atoms with Gasteiger partial charge >= 0.3 is 0 Å². The zero-order valence-electron chi connectivity index (χ0n) is 12.1. The lowest BCUT2D eigenvalue weighted by atomic mass is 10.1. The van der Waals surface area contributed by atoms with Crippen molar-refractivity contribution in [1.29, 1.82) is 0 Å². The van der Waals surface area contributed by atoms with Crippen LogP contribution in [0.3, 0.4) is 0 Å². The van der Waals surface area contributed by atoms with Crippen LogP contribution >= 0.6 is 0 Å². The number of hydrogen-bond donors (Lipinski definition) is 2. The van der Waals surface area contributed by atoms with Gasteiger partial charge < -0.3 is 5.73 Å². The minimum absolute atomic E-state index is 0.183. The number of benzene rings is 2. The summed E-state index contributed by atoms with van der Waals surface area (Å²) in [6.07, 6.45) is 3.23. The molecule has 5 heteroatoms. The summed E-state index contributed by atoms with van der Waals surface area (Å²) in [7, 11) is -3.49. The largest absolute Gasteiger partial charge is 0.399 e. The molecule has 1 saturated carbocycles. The molecule has 0 aliphatic heterocycles. The maximum atomic E-state index is 12.6. The number of sulfonamides is 1. The fraction of sp³-hybridized carbons (Fsp3) is 0.375. The molecule has 0 spiro atoms. The number of nitrogens with one attached hydrogen (secondary N) is 1. The van der Waals surface area contributed by atoms with Crippen LogP contribution in [0.1, 0.15) is 26.2 Å². The van der Waals surface area contributed by atoms with Crippen molar-refractivity contribution >= 4 is 26.5 Å². The smallest absolute Gasteiger partial charge is 0.241 e. The summed E-state index contributed by atoms with van der Waals surface area (Å²) in [5.74, 6) is 0. The van der Waals surface area contributed by atoms with Crippen LogP contribution in [0.25, 0.3) is 10.8 Å². The van der Waals surface area contributed by atoms with E-state index in [0.717, 1.165) is 24.6 Å². The Balaban J connectivity index is 1.95. The van der Waals surface area contributed by atoms with E-state index in [4.69, 9.17) is 5.73 Å². The molecule has 21 heavy (non-hydrogen) atoms. The van der Waals surface area contributed by atoms with Gasteiger partial charge in [0.1, 0.15) is 0 Å². The van der Waals surface area contributed by atoms with Gasteiger partial charge in [-0.05, 0) is 48.3 Å². The van der Waals surface area contributed by atoms with Gasteiger partial charge in [0, 0.05) is 17.6 Å². The normalized spacial score (nSPS) is 17.0. The van der Waals surface area contributed by atoms with Crippen LogP contribution in [0, 0.1) is 5.41 Å². The molecule has 1 aliphatic carbocycles. The Bertz CT molecular complexity index is 780. The van der Waals surface area contributed by atoms with Gasteiger partial charge in [-0.1, -0.05) is 25.1 Å². The third-order valence-electron chi connectivity index (χ3n) is 4.50. The highest BCUT2D eigenvalue weighted by molar-refractivity contribution is 7.89. The van der Waals surface area contributed by atoms with E-state index >= 15 is 0 Å². The monoisotopic (exact) mass is 304 g/mol. The molecule has 2 aromatic rings. The summed E-state index contributed by atoms with van der Waals surface area (Å²) in [6, 6.07) is 10.6. The molecule has 0 radical (unpaired) electrons. The lowest BCUT2D eigenvalue weighted by Gasteiger charge is -2.15. The molecular weight excluding hydrogens is 284 g/mol. The second kappa shape index (κ2) is 5.00. The van der Waals surface area contributed by atoms with Crippen molar-refractivity contribution < 1.29 is 8.42 Å². The van der Waals surface area contributed by atoms with Crippen molar-refractivity contribution in [2.75, 3.05) is 12.3 Å². The fourth-order valence-electron chi connectivity index (χ4n) is 2.66. The zero-order valence-corrected chi connectivity index (χ0v) is 12.9. The lowest BCUT2D eigenvalue weighted by Crippen LogP contribution is -2.30. The Hall–Kier alpha value is -1.59. The molecular formula is C16H20N2O2S. The third-order valence-corrected chi connectivity index (χ3v) is 5.96. The van der Waals surface area contributed by atoms with E-state index < -0.39 is 10.0 Å². The van der Waals surface area contributed by atoms with Gasteiger partial charge in [0.2, 0.25) is 10.0 Å². The highest BCUT2D eigenvalue weighted by Gasteiger charge is 2.41. The van der Waals surface area contributed by atoms with E-state index in [9.17, 15) is 8.42 Å². The second-order valence-electron chi connectivity index (χ2n) is 5.91. The summed E-state index contributed by atoms with van der Waals surface area (Å²) in [6.45, 7) is 2.64. The molecule has 0 unspecified atom stereocenters. The Morgan fingerprint density at radius 2 is 2.00 bits per heavy atom. The number of nitrogens with two attached hydrogens (primary N) is 1. The molecule has 3 N–H and O–H groups in total. The number of rotatable bonds is 5.